The van der Waals surface area contributed by atoms with Gasteiger partial charge in [0.15, 0.2) is 17.7 Å². The molecular weight excluding hydrogens is 264 g/mol. The number of hydrogen-bond donors (Lipinski definition) is 0. The van der Waals surface area contributed by atoms with Crippen molar-refractivity contribution in [2.24, 2.45) is 0 Å². The highest BCUT2D eigenvalue weighted by atomic mass is 16.8. The first kappa shape index (κ1) is 13.2. The third-order valence-corrected chi connectivity index (χ3v) is 4.54. The maximum absolute atomic E-state index is 12.7. The monoisotopic (exact) mass is 284 g/mol. The molecule has 0 amide bonds. The van der Waals surface area contributed by atoms with Gasteiger partial charge >= 0.3 is 0 Å². The van der Waals surface area contributed by atoms with Crippen molar-refractivity contribution in [1.29, 1.82) is 0 Å². The Hall–Kier alpha value is -0.530. The number of ether oxygens (including phenoxy) is 5. The Balaban J connectivity index is 1.57. The minimum Gasteiger partial charge on any atom is -0.344 e. The van der Waals surface area contributed by atoms with Gasteiger partial charge in [-0.2, -0.15) is 0 Å². The largest absolute Gasteiger partial charge is 0.344 e. The molecule has 0 aromatic rings. The van der Waals surface area contributed by atoms with E-state index >= 15 is 0 Å². The van der Waals surface area contributed by atoms with Gasteiger partial charge in [0, 0.05) is 12.8 Å². The molecule has 6 nitrogen and oxygen atoms in total. The summed E-state index contributed by atoms with van der Waals surface area (Å²) in [4.78, 5) is 12.7. The predicted molar refractivity (Wildman–Crippen MR) is 65.8 cm³/mol. The normalized spacial score (nSPS) is 45.4. The SMILES string of the molecule is CC1(C)OC2C(=O)[C@@]3(COC4(CCCC4)O3)OC[C@H]2O1. The second kappa shape index (κ2) is 4.01. The summed E-state index contributed by atoms with van der Waals surface area (Å²) in [5, 5.41) is 0. The second-order valence-corrected chi connectivity index (χ2v) is 6.53. The molecule has 4 aliphatic rings. The van der Waals surface area contributed by atoms with Crippen LogP contribution in [0.15, 0.2) is 0 Å². The van der Waals surface area contributed by atoms with Gasteiger partial charge in [0.1, 0.15) is 12.7 Å². The van der Waals surface area contributed by atoms with Gasteiger partial charge in [-0.1, -0.05) is 0 Å². The van der Waals surface area contributed by atoms with Crippen molar-refractivity contribution in [3.05, 3.63) is 0 Å². The highest BCUT2D eigenvalue weighted by Gasteiger charge is 2.64. The number of rotatable bonds is 0. The molecule has 1 saturated carbocycles. The van der Waals surface area contributed by atoms with Crippen LogP contribution in [0.3, 0.4) is 0 Å². The maximum atomic E-state index is 12.7. The first-order chi connectivity index (χ1) is 9.44. The van der Waals surface area contributed by atoms with E-state index in [4.69, 9.17) is 23.7 Å². The average molecular weight is 284 g/mol. The summed E-state index contributed by atoms with van der Waals surface area (Å²) in [7, 11) is 0. The van der Waals surface area contributed by atoms with E-state index in [1.54, 1.807) is 13.8 Å². The van der Waals surface area contributed by atoms with Gasteiger partial charge in [0.2, 0.25) is 5.78 Å². The van der Waals surface area contributed by atoms with Crippen molar-refractivity contribution in [3.63, 3.8) is 0 Å². The van der Waals surface area contributed by atoms with Gasteiger partial charge in [0.25, 0.3) is 5.79 Å². The van der Waals surface area contributed by atoms with Crippen molar-refractivity contribution in [2.45, 2.75) is 69.1 Å². The van der Waals surface area contributed by atoms with Gasteiger partial charge in [0.05, 0.1) is 6.61 Å². The zero-order valence-corrected chi connectivity index (χ0v) is 11.8. The Morgan fingerprint density at radius 2 is 1.85 bits per heavy atom. The van der Waals surface area contributed by atoms with Crippen LogP contribution in [-0.2, 0) is 28.5 Å². The van der Waals surface area contributed by atoms with Crippen molar-refractivity contribution in [1.82, 2.24) is 0 Å². The minimum absolute atomic E-state index is 0.152. The van der Waals surface area contributed by atoms with Crippen molar-refractivity contribution < 1.29 is 28.5 Å². The number of carbonyl (C=O) groups excluding carboxylic acids is 1. The quantitative estimate of drug-likeness (QED) is 0.664. The van der Waals surface area contributed by atoms with E-state index in [2.05, 4.69) is 0 Å². The molecule has 0 bridgehead atoms. The van der Waals surface area contributed by atoms with Crippen LogP contribution in [-0.4, -0.2) is 48.6 Å². The van der Waals surface area contributed by atoms with Crippen LogP contribution in [0.4, 0.5) is 0 Å². The zero-order chi connectivity index (χ0) is 14.0. The standard InChI is InChI=1S/C14H20O6/c1-12(2)18-9-7-16-14(11(15)10(9)19-12)8-17-13(20-14)5-3-4-6-13/h9-10H,3-8H2,1-2H3/t9-,10?,14+/m1/s1. The maximum Gasteiger partial charge on any atom is 0.258 e. The lowest BCUT2D eigenvalue weighted by molar-refractivity contribution is -0.270. The van der Waals surface area contributed by atoms with Crippen LogP contribution in [0, 0.1) is 0 Å². The van der Waals surface area contributed by atoms with Gasteiger partial charge in [-0.05, 0) is 26.7 Å². The molecule has 4 fully saturated rings. The lowest BCUT2D eigenvalue weighted by Crippen LogP contribution is -2.59. The Bertz CT molecular complexity index is 441. The van der Waals surface area contributed by atoms with Gasteiger partial charge in [-0.3, -0.25) is 4.79 Å². The lowest BCUT2D eigenvalue weighted by atomic mass is 9.99. The number of carbonyl (C=O) groups is 1. The van der Waals surface area contributed by atoms with Crippen LogP contribution >= 0.6 is 0 Å². The molecule has 112 valence electrons. The molecule has 0 aromatic heterocycles. The summed E-state index contributed by atoms with van der Waals surface area (Å²) in [6, 6.07) is 0. The second-order valence-electron chi connectivity index (χ2n) is 6.53. The summed E-state index contributed by atoms with van der Waals surface area (Å²) in [5.41, 5.74) is 0. The molecule has 2 spiro atoms. The average Bonchev–Trinajstić information content (AvgIpc) is 3.06. The molecule has 0 N–H and O–H groups in total. The molecule has 3 heterocycles. The molecule has 0 aromatic carbocycles. The van der Waals surface area contributed by atoms with Crippen LogP contribution < -0.4 is 0 Å². The summed E-state index contributed by atoms with van der Waals surface area (Å²) in [5.74, 6) is -2.89. The Morgan fingerprint density at radius 3 is 2.60 bits per heavy atom. The fourth-order valence-corrected chi connectivity index (χ4v) is 3.62. The highest BCUT2D eigenvalue weighted by molar-refractivity contribution is 5.92. The van der Waals surface area contributed by atoms with Crippen LogP contribution in [0.25, 0.3) is 0 Å². The zero-order valence-electron chi connectivity index (χ0n) is 11.8. The summed E-state index contributed by atoms with van der Waals surface area (Å²) in [6.45, 7) is 4.05. The third-order valence-electron chi connectivity index (χ3n) is 4.54. The van der Waals surface area contributed by atoms with E-state index in [1.165, 1.54) is 0 Å². The van der Waals surface area contributed by atoms with Crippen molar-refractivity contribution in [3.8, 4) is 0 Å². The summed E-state index contributed by atoms with van der Waals surface area (Å²) in [6.07, 6.45) is 2.78. The Kier molecular flexibility index (Phi) is 2.64. The topological polar surface area (TPSA) is 63.2 Å². The Morgan fingerprint density at radius 1 is 1.10 bits per heavy atom. The molecule has 0 radical (unpaired) electrons. The molecular formula is C14H20O6. The lowest BCUT2D eigenvalue weighted by Gasteiger charge is -2.36. The van der Waals surface area contributed by atoms with Gasteiger partial charge in [-0.25, -0.2) is 0 Å². The van der Waals surface area contributed by atoms with E-state index < -0.39 is 23.5 Å². The third kappa shape index (κ3) is 1.79. The summed E-state index contributed by atoms with van der Waals surface area (Å²) >= 11 is 0. The molecule has 4 rings (SSSR count). The summed E-state index contributed by atoms with van der Waals surface area (Å²) < 4.78 is 28.9. The minimum atomic E-state index is -1.30. The molecule has 1 unspecified atom stereocenters. The number of fused-ring (bicyclic) bond motifs is 1. The van der Waals surface area contributed by atoms with Gasteiger partial charge in [-0.15, -0.1) is 0 Å². The number of Topliss-reactive ketones (excluding diaryl/α,β-unsaturated/α-hetero) is 1. The van der Waals surface area contributed by atoms with E-state index in [9.17, 15) is 4.79 Å². The number of hydrogen-bond acceptors (Lipinski definition) is 6. The first-order valence-corrected chi connectivity index (χ1v) is 7.32. The molecule has 3 atom stereocenters. The van der Waals surface area contributed by atoms with Crippen LogP contribution in [0.1, 0.15) is 39.5 Å². The number of ketones is 1. The highest BCUT2D eigenvalue weighted by Crippen LogP contribution is 2.47. The van der Waals surface area contributed by atoms with Gasteiger partial charge < -0.3 is 23.7 Å². The smallest absolute Gasteiger partial charge is 0.258 e. The fourth-order valence-electron chi connectivity index (χ4n) is 3.62. The van der Waals surface area contributed by atoms with Crippen LogP contribution in [0.2, 0.25) is 0 Å². The molecule has 6 heteroatoms. The van der Waals surface area contributed by atoms with E-state index in [0.29, 0.717) is 6.61 Å². The van der Waals surface area contributed by atoms with Crippen molar-refractivity contribution >= 4 is 5.78 Å². The van der Waals surface area contributed by atoms with E-state index in [0.717, 1.165) is 25.7 Å². The van der Waals surface area contributed by atoms with E-state index in [1.807, 2.05) is 0 Å². The molecule has 3 saturated heterocycles. The molecule has 1 aliphatic carbocycles. The first-order valence-electron chi connectivity index (χ1n) is 7.32. The van der Waals surface area contributed by atoms with Crippen LogP contribution in [0.5, 0.6) is 0 Å². The predicted octanol–water partition coefficient (Wildman–Crippen LogP) is 1.12. The fraction of sp³-hybridized carbons (Fsp3) is 0.929. The molecule has 3 aliphatic heterocycles. The van der Waals surface area contributed by atoms with E-state index in [-0.39, 0.29) is 18.5 Å². The van der Waals surface area contributed by atoms with Crippen molar-refractivity contribution in [2.75, 3.05) is 13.2 Å². The Labute approximate surface area is 117 Å². The molecule has 20 heavy (non-hydrogen) atoms.